The van der Waals surface area contributed by atoms with Crippen LogP contribution in [0.1, 0.15) is 15.9 Å². The molecule has 2 rings (SSSR count). The number of carbonyl (C=O) groups is 1. The van der Waals surface area contributed by atoms with Gasteiger partial charge < -0.3 is 0 Å². The van der Waals surface area contributed by atoms with Crippen LogP contribution < -0.4 is 0 Å². The maximum Gasteiger partial charge on any atom is 0.178 e. The van der Waals surface area contributed by atoms with Gasteiger partial charge in [-0.25, -0.2) is 0 Å². The van der Waals surface area contributed by atoms with Crippen LogP contribution in [0.15, 0.2) is 42.5 Å². The molecule has 2 aromatic rings. The lowest BCUT2D eigenvalue weighted by molar-refractivity contribution is 0.0943. The SMILES string of the molecule is CN(CC(=O)c1ccc(Cl)cc1Cl)Cc1ccccc1I. The summed E-state index contributed by atoms with van der Waals surface area (Å²) < 4.78 is 1.19. The summed E-state index contributed by atoms with van der Waals surface area (Å²) in [6.45, 7) is 1.03. The zero-order chi connectivity index (χ0) is 15.4. The molecule has 0 aromatic heterocycles. The number of halogens is 3. The summed E-state index contributed by atoms with van der Waals surface area (Å²) in [6.07, 6.45) is 0. The maximum absolute atomic E-state index is 12.3. The van der Waals surface area contributed by atoms with Crippen molar-refractivity contribution in [2.45, 2.75) is 6.54 Å². The van der Waals surface area contributed by atoms with E-state index in [4.69, 9.17) is 23.2 Å². The van der Waals surface area contributed by atoms with Crippen LogP contribution in [0.4, 0.5) is 0 Å². The van der Waals surface area contributed by atoms with E-state index in [9.17, 15) is 4.79 Å². The van der Waals surface area contributed by atoms with Crippen molar-refractivity contribution < 1.29 is 4.79 Å². The van der Waals surface area contributed by atoms with E-state index in [0.29, 0.717) is 22.2 Å². The molecular formula is C16H14Cl2INO. The van der Waals surface area contributed by atoms with Crippen LogP contribution in [0.3, 0.4) is 0 Å². The highest BCUT2D eigenvalue weighted by Crippen LogP contribution is 2.22. The Bertz CT molecular complexity index is 660. The van der Waals surface area contributed by atoms with Gasteiger partial charge in [0.25, 0.3) is 0 Å². The predicted octanol–water partition coefficient (Wildman–Crippen LogP) is 4.91. The van der Waals surface area contributed by atoms with Crippen molar-refractivity contribution in [3.8, 4) is 0 Å². The Balaban J connectivity index is 2.04. The second-order valence-corrected chi connectivity index (χ2v) is 6.82. The summed E-state index contributed by atoms with van der Waals surface area (Å²) in [5.74, 6) is -0.00916. The molecule has 0 saturated heterocycles. The fourth-order valence-corrected chi connectivity index (χ4v) is 3.09. The first kappa shape index (κ1) is 16.7. The minimum absolute atomic E-state index is 0.00916. The molecule has 0 radical (unpaired) electrons. The van der Waals surface area contributed by atoms with Gasteiger partial charge in [-0.3, -0.25) is 9.69 Å². The molecule has 2 nitrogen and oxygen atoms in total. The van der Waals surface area contributed by atoms with Crippen molar-refractivity contribution in [2.24, 2.45) is 0 Å². The maximum atomic E-state index is 12.3. The second-order valence-electron chi connectivity index (χ2n) is 4.81. The van der Waals surface area contributed by atoms with Crippen molar-refractivity contribution in [2.75, 3.05) is 13.6 Å². The zero-order valence-corrected chi connectivity index (χ0v) is 15.1. The first-order chi connectivity index (χ1) is 9.97. The molecule has 21 heavy (non-hydrogen) atoms. The van der Waals surface area contributed by atoms with Gasteiger partial charge >= 0.3 is 0 Å². The minimum Gasteiger partial charge on any atom is -0.295 e. The average molecular weight is 434 g/mol. The highest BCUT2D eigenvalue weighted by atomic mass is 127. The summed E-state index contributed by atoms with van der Waals surface area (Å²) in [6, 6.07) is 13.1. The Kier molecular flexibility index (Phi) is 6.05. The monoisotopic (exact) mass is 433 g/mol. The lowest BCUT2D eigenvalue weighted by atomic mass is 10.1. The van der Waals surface area contributed by atoms with E-state index in [-0.39, 0.29) is 5.78 Å². The van der Waals surface area contributed by atoms with Crippen LogP contribution in [0, 0.1) is 3.57 Å². The highest BCUT2D eigenvalue weighted by molar-refractivity contribution is 14.1. The lowest BCUT2D eigenvalue weighted by Crippen LogP contribution is -2.26. The normalized spacial score (nSPS) is 10.9. The number of ketones is 1. The van der Waals surface area contributed by atoms with Gasteiger partial charge in [0.15, 0.2) is 5.78 Å². The van der Waals surface area contributed by atoms with E-state index in [1.165, 1.54) is 9.13 Å². The molecule has 0 aliphatic carbocycles. The van der Waals surface area contributed by atoms with Gasteiger partial charge in [0.2, 0.25) is 0 Å². The average Bonchev–Trinajstić information content (AvgIpc) is 2.41. The Hall–Kier alpha value is -0.620. The van der Waals surface area contributed by atoms with Gasteiger partial charge in [0.1, 0.15) is 0 Å². The minimum atomic E-state index is -0.00916. The number of rotatable bonds is 5. The molecule has 5 heteroatoms. The molecule has 110 valence electrons. The molecule has 0 atom stereocenters. The number of hydrogen-bond acceptors (Lipinski definition) is 2. The fourth-order valence-electron chi connectivity index (χ4n) is 2.02. The van der Waals surface area contributed by atoms with E-state index in [0.717, 1.165) is 6.54 Å². The molecule has 0 aliphatic rings. The number of benzene rings is 2. The zero-order valence-electron chi connectivity index (χ0n) is 11.4. The van der Waals surface area contributed by atoms with Crippen LogP contribution in [-0.4, -0.2) is 24.3 Å². The van der Waals surface area contributed by atoms with E-state index in [2.05, 4.69) is 34.7 Å². The molecule has 0 spiro atoms. The van der Waals surface area contributed by atoms with Gasteiger partial charge in [-0.05, 0) is 59.5 Å². The molecule has 0 unspecified atom stereocenters. The molecule has 0 saturated carbocycles. The van der Waals surface area contributed by atoms with Crippen molar-refractivity contribution >= 4 is 51.6 Å². The predicted molar refractivity (Wildman–Crippen MR) is 96.3 cm³/mol. The standard InChI is InChI=1S/C16H14Cl2INO/c1-20(9-11-4-2-3-5-15(11)19)10-16(21)13-7-6-12(17)8-14(13)18/h2-8H,9-10H2,1H3. The van der Waals surface area contributed by atoms with Crippen LogP contribution in [0.25, 0.3) is 0 Å². The molecule has 0 amide bonds. The first-order valence-corrected chi connectivity index (χ1v) is 8.21. The molecule has 0 heterocycles. The third-order valence-corrected chi connectivity index (χ3v) is 4.64. The van der Waals surface area contributed by atoms with Crippen LogP contribution in [0.2, 0.25) is 10.0 Å². The third kappa shape index (κ3) is 4.68. The van der Waals surface area contributed by atoms with Crippen LogP contribution >= 0.6 is 45.8 Å². The number of likely N-dealkylation sites (N-methyl/N-ethyl adjacent to an activating group) is 1. The van der Waals surface area contributed by atoms with Gasteiger partial charge in [0.05, 0.1) is 11.6 Å². The largest absolute Gasteiger partial charge is 0.295 e. The summed E-state index contributed by atoms with van der Waals surface area (Å²) in [4.78, 5) is 14.3. The molecule has 0 N–H and O–H groups in total. The number of hydrogen-bond donors (Lipinski definition) is 0. The number of Topliss-reactive ketones (excluding diaryl/α,β-unsaturated/α-hetero) is 1. The van der Waals surface area contributed by atoms with Crippen molar-refractivity contribution in [3.05, 3.63) is 67.2 Å². The Morgan fingerprint density at radius 1 is 1.19 bits per heavy atom. The van der Waals surface area contributed by atoms with E-state index < -0.39 is 0 Å². The third-order valence-electron chi connectivity index (χ3n) is 3.04. The Morgan fingerprint density at radius 2 is 1.90 bits per heavy atom. The first-order valence-electron chi connectivity index (χ1n) is 6.37. The number of carbonyl (C=O) groups excluding carboxylic acids is 1. The van der Waals surface area contributed by atoms with E-state index in [1.54, 1.807) is 18.2 Å². The molecule has 0 fully saturated rings. The van der Waals surface area contributed by atoms with Crippen LogP contribution in [0.5, 0.6) is 0 Å². The summed E-state index contributed by atoms with van der Waals surface area (Å²) in [5.41, 5.74) is 1.71. The van der Waals surface area contributed by atoms with Gasteiger partial charge in [-0.2, -0.15) is 0 Å². The fraction of sp³-hybridized carbons (Fsp3) is 0.188. The molecular weight excluding hydrogens is 420 g/mol. The lowest BCUT2D eigenvalue weighted by Gasteiger charge is -2.17. The molecule has 2 aromatic carbocycles. The van der Waals surface area contributed by atoms with Gasteiger partial charge in [-0.15, -0.1) is 0 Å². The second kappa shape index (κ2) is 7.58. The highest BCUT2D eigenvalue weighted by Gasteiger charge is 2.14. The summed E-state index contributed by atoms with van der Waals surface area (Å²) in [7, 11) is 1.92. The molecule has 0 bridgehead atoms. The van der Waals surface area contributed by atoms with Crippen LogP contribution in [-0.2, 0) is 6.54 Å². The van der Waals surface area contributed by atoms with E-state index >= 15 is 0 Å². The Labute approximate surface area is 148 Å². The Morgan fingerprint density at radius 3 is 2.57 bits per heavy atom. The number of nitrogens with zero attached hydrogens (tertiary/aromatic N) is 1. The summed E-state index contributed by atoms with van der Waals surface area (Å²) >= 11 is 14.2. The molecule has 0 aliphatic heterocycles. The van der Waals surface area contributed by atoms with Gasteiger partial charge in [-0.1, -0.05) is 41.4 Å². The van der Waals surface area contributed by atoms with Gasteiger partial charge in [0, 0.05) is 20.7 Å². The van der Waals surface area contributed by atoms with Crippen molar-refractivity contribution in [3.63, 3.8) is 0 Å². The van der Waals surface area contributed by atoms with E-state index in [1.807, 2.05) is 24.1 Å². The topological polar surface area (TPSA) is 20.3 Å². The smallest absolute Gasteiger partial charge is 0.178 e. The van der Waals surface area contributed by atoms with Crippen molar-refractivity contribution in [1.29, 1.82) is 0 Å². The van der Waals surface area contributed by atoms with Crippen molar-refractivity contribution in [1.82, 2.24) is 4.90 Å². The quantitative estimate of drug-likeness (QED) is 0.493. The summed E-state index contributed by atoms with van der Waals surface area (Å²) in [5, 5.41) is 0.930.